The van der Waals surface area contributed by atoms with Gasteiger partial charge >= 0.3 is 6.03 Å². The van der Waals surface area contributed by atoms with Crippen LogP contribution < -0.4 is 20.1 Å². The van der Waals surface area contributed by atoms with E-state index < -0.39 is 0 Å². The van der Waals surface area contributed by atoms with E-state index >= 15 is 0 Å². The van der Waals surface area contributed by atoms with E-state index in [4.69, 9.17) is 9.47 Å². The van der Waals surface area contributed by atoms with E-state index in [1.54, 1.807) is 0 Å². The number of anilines is 1. The molecule has 1 aliphatic carbocycles. The molecule has 0 spiro atoms. The number of benzene rings is 2. The molecule has 158 valence electrons. The number of aromatic nitrogens is 1. The minimum Gasteiger partial charge on any atom is -0.454 e. The molecule has 7 heteroatoms. The number of amides is 2. The highest BCUT2D eigenvalue weighted by molar-refractivity contribution is 5.97. The van der Waals surface area contributed by atoms with Crippen molar-refractivity contribution < 1.29 is 14.3 Å². The predicted molar refractivity (Wildman–Crippen MR) is 118 cm³/mol. The molecular weight excluding hydrogens is 392 g/mol. The van der Waals surface area contributed by atoms with Crippen LogP contribution >= 0.6 is 0 Å². The molecule has 5 rings (SSSR count). The van der Waals surface area contributed by atoms with Crippen LogP contribution in [0.1, 0.15) is 44.7 Å². The van der Waals surface area contributed by atoms with Gasteiger partial charge in [-0.15, -0.1) is 0 Å². The maximum atomic E-state index is 12.0. The number of urea groups is 1. The summed E-state index contributed by atoms with van der Waals surface area (Å²) in [4.78, 5) is 12.0. The number of rotatable bonds is 4. The highest BCUT2D eigenvalue weighted by Crippen LogP contribution is 2.46. The average molecular weight is 416 g/mol. The van der Waals surface area contributed by atoms with Crippen molar-refractivity contribution in [3.05, 3.63) is 42.0 Å². The summed E-state index contributed by atoms with van der Waals surface area (Å²) in [6.07, 6.45) is 3.36. The smallest absolute Gasteiger partial charge is 0.319 e. The molecule has 0 bridgehead atoms. The van der Waals surface area contributed by atoms with Crippen molar-refractivity contribution in [2.24, 2.45) is 0 Å². The van der Waals surface area contributed by atoms with Crippen molar-refractivity contribution in [1.82, 2.24) is 9.88 Å². The Bertz CT molecular complexity index is 1200. The van der Waals surface area contributed by atoms with Crippen molar-refractivity contribution >= 4 is 22.6 Å². The van der Waals surface area contributed by atoms with Gasteiger partial charge in [-0.1, -0.05) is 12.1 Å². The molecule has 1 aliphatic heterocycles. The van der Waals surface area contributed by atoms with E-state index in [1.807, 2.05) is 50.2 Å². The van der Waals surface area contributed by atoms with Crippen LogP contribution in [0.2, 0.25) is 0 Å². The second-order valence-corrected chi connectivity index (χ2v) is 8.34. The third-order valence-corrected chi connectivity index (χ3v) is 5.89. The van der Waals surface area contributed by atoms with Gasteiger partial charge in [0.05, 0.1) is 16.8 Å². The van der Waals surface area contributed by atoms with Crippen LogP contribution in [0, 0.1) is 11.3 Å². The van der Waals surface area contributed by atoms with Crippen LogP contribution in [0.4, 0.5) is 10.5 Å². The summed E-state index contributed by atoms with van der Waals surface area (Å²) in [5.74, 6) is 1.40. The van der Waals surface area contributed by atoms with Crippen molar-refractivity contribution in [2.45, 2.75) is 45.2 Å². The van der Waals surface area contributed by atoms with E-state index in [0.717, 1.165) is 40.8 Å². The first-order valence-corrected chi connectivity index (χ1v) is 10.6. The zero-order valence-electron chi connectivity index (χ0n) is 17.6. The quantitative estimate of drug-likeness (QED) is 0.615. The normalized spacial score (nSPS) is 15.0. The standard InChI is InChI=1S/C24H24N4O3/c1-14(2)26-24(29)27-16-8-6-15(7-9-16)23-19(12-25)18-10-21-22(31-13-30-21)11-20(18)28(23)17-4-3-5-17/h6-11,14,17H,3-5,13H2,1-2H3,(H2,26,27,29). The lowest BCUT2D eigenvalue weighted by atomic mass is 9.92. The highest BCUT2D eigenvalue weighted by Gasteiger charge is 2.29. The molecule has 2 aromatic carbocycles. The number of hydrogen-bond acceptors (Lipinski definition) is 4. The number of hydrogen-bond donors (Lipinski definition) is 2. The van der Waals surface area contributed by atoms with Gasteiger partial charge < -0.3 is 24.7 Å². The van der Waals surface area contributed by atoms with Crippen LogP contribution in [-0.4, -0.2) is 23.4 Å². The first-order valence-electron chi connectivity index (χ1n) is 10.6. The van der Waals surface area contributed by atoms with Gasteiger partial charge in [0.2, 0.25) is 6.79 Å². The molecule has 2 N–H and O–H groups in total. The van der Waals surface area contributed by atoms with Gasteiger partial charge in [-0.25, -0.2) is 4.79 Å². The largest absolute Gasteiger partial charge is 0.454 e. The lowest BCUT2D eigenvalue weighted by molar-refractivity contribution is 0.174. The van der Waals surface area contributed by atoms with Crippen LogP contribution in [0.3, 0.4) is 0 Å². The monoisotopic (exact) mass is 416 g/mol. The summed E-state index contributed by atoms with van der Waals surface area (Å²) in [7, 11) is 0. The van der Waals surface area contributed by atoms with Crippen LogP contribution in [0.15, 0.2) is 36.4 Å². The fourth-order valence-electron chi connectivity index (χ4n) is 4.26. The number of carbonyl (C=O) groups is 1. The fourth-order valence-corrected chi connectivity index (χ4v) is 4.26. The Hall–Kier alpha value is -3.66. The number of nitrogens with one attached hydrogen (secondary N) is 2. The molecule has 1 fully saturated rings. The first-order chi connectivity index (χ1) is 15.0. The van der Waals surface area contributed by atoms with Crippen molar-refractivity contribution in [2.75, 3.05) is 12.1 Å². The first kappa shape index (κ1) is 19.3. The van der Waals surface area contributed by atoms with Crippen molar-refractivity contribution in [3.63, 3.8) is 0 Å². The second kappa shape index (κ2) is 7.55. The van der Waals surface area contributed by atoms with E-state index in [2.05, 4.69) is 21.3 Å². The Kier molecular flexibility index (Phi) is 4.70. The molecule has 0 atom stereocenters. The molecule has 2 heterocycles. The van der Waals surface area contributed by atoms with Crippen LogP contribution in [-0.2, 0) is 0 Å². The molecule has 2 aliphatic rings. The summed E-state index contributed by atoms with van der Waals surface area (Å²) in [6, 6.07) is 14.2. The molecule has 1 saturated carbocycles. The Morgan fingerprint density at radius 3 is 2.48 bits per heavy atom. The number of nitriles is 1. The lowest BCUT2D eigenvalue weighted by Crippen LogP contribution is -2.34. The van der Waals surface area contributed by atoms with Crippen molar-refractivity contribution in [3.8, 4) is 28.8 Å². The van der Waals surface area contributed by atoms with Gasteiger partial charge in [-0.05, 0) is 56.9 Å². The molecule has 0 unspecified atom stereocenters. The molecule has 0 radical (unpaired) electrons. The third-order valence-electron chi connectivity index (χ3n) is 5.89. The molecule has 3 aromatic rings. The van der Waals surface area contributed by atoms with Gasteiger partial charge in [-0.2, -0.15) is 5.26 Å². The summed E-state index contributed by atoms with van der Waals surface area (Å²) >= 11 is 0. The molecule has 31 heavy (non-hydrogen) atoms. The van der Waals surface area contributed by atoms with Gasteiger partial charge in [0.15, 0.2) is 11.5 Å². The second-order valence-electron chi connectivity index (χ2n) is 8.34. The summed E-state index contributed by atoms with van der Waals surface area (Å²) < 4.78 is 13.4. The van der Waals surface area contributed by atoms with E-state index in [9.17, 15) is 10.1 Å². The zero-order chi connectivity index (χ0) is 21.5. The van der Waals surface area contributed by atoms with Crippen molar-refractivity contribution in [1.29, 1.82) is 5.26 Å². The van der Waals surface area contributed by atoms with Crippen LogP contribution in [0.5, 0.6) is 11.5 Å². The van der Waals surface area contributed by atoms with E-state index in [1.165, 1.54) is 6.42 Å². The number of nitrogens with zero attached hydrogens (tertiary/aromatic N) is 2. The Morgan fingerprint density at radius 1 is 1.16 bits per heavy atom. The lowest BCUT2D eigenvalue weighted by Gasteiger charge is -2.30. The highest BCUT2D eigenvalue weighted by atomic mass is 16.7. The summed E-state index contributed by atoms with van der Waals surface area (Å²) in [5, 5.41) is 16.6. The van der Waals surface area contributed by atoms with Gasteiger partial charge in [-0.3, -0.25) is 0 Å². The molecule has 2 amide bonds. The summed E-state index contributed by atoms with van der Waals surface area (Å²) in [5.41, 5.74) is 4.19. The Labute approximate surface area is 180 Å². The number of carbonyl (C=O) groups excluding carboxylic acids is 1. The van der Waals surface area contributed by atoms with E-state index in [0.29, 0.717) is 23.0 Å². The Morgan fingerprint density at radius 2 is 1.87 bits per heavy atom. The number of fused-ring (bicyclic) bond motifs is 2. The zero-order valence-corrected chi connectivity index (χ0v) is 17.6. The molecule has 1 aromatic heterocycles. The van der Waals surface area contributed by atoms with E-state index in [-0.39, 0.29) is 18.9 Å². The van der Waals surface area contributed by atoms with Crippen LogP contribution in [0.25, 0.3) is 22.2 Å². The summed E-state index contributed by atoms with van der Waals surface area (Å²) in [6.45, 7) is 4.04. The molecule has 0 saturated heterocycles. The fraction of sp³-hybridized carbons (Fsp3) is 0.333. The van der Waals surface area contributed by atoms with Gasteiger partial charge in [0.1, 0.15) is 6.07 Å². The average Bonchev–Trinajstić information content (AvgIpc) is 3.27. The number of ether oxygens (including phenoxy) is 2. The minimum absolute atomic E-state index is 0.0604. The third kappa shape index (κ3) is 3.34. The van der Waals surface area contributed by atoms with Gasteiger partial charge in [0, 0.05) is 29.2 Å². The molecule has 7 nitrogen and oxygen atoms in total. The van der Waals surface area contributed by atoms with Gasteiger partial charge in [0.25, 0.3) is 0 Å². The topological polar surface area (TPSA) is 88.3 Å². The Balaban J connectivity index is 1.59. The predicted octanol–water partition coefficient (Wildman–Crippen LogP) is 5.16. The SMILES string of the molecule is CC(C)NC(=O)Nc1ccc(-c2c(C#N)c3cc4c(cc3n2C2CCC2)OCO4)cc1. The molecular formula is C24H24N4O3. The minimum atomic E-state index is -0.237. The maximum absolute atomic E-state index is 12.0. The maximum Gasteiger partial charge on any atom is 0.319 e.